The van der Waals surface area contributed by atoms with Gasteiger partial charge in [-0.25, -0.2) is 0 Å². The SMILES string of the molecule is COCCN(c1ccc(Cl)cc1CO)C(C)C1CC1. The Bertz CT molecular complexity index is 421. The van der Waals surface area contributed by atoms with E-state index in [1.165, 1.54) is 12.8 Å². The van der Waals surface area contributed by atoms with Crippen molar-refractivity contribution < 1.29 is 9.84 Å². The summed E-state index contributed by atoms with van der Waals surface area (Å²) in [5.74, 6) is 0.763. The topological polar surface area (TPSA) is 32.7 Å². The maximum Gasteiger partial charge on any atom is 0.0702 e. The lowest BCUT2D eigenvalue weighted by atomic mass is 10.1. The zero-order valence-electron chi connectivity index (χ0n) is 11.6. The molecule has 1 N–H and O–H groups in total. The van der Waals surface area contributed by atoms with Crippen LogP contribution in [0.25, 0.3) is 0 Å². The second-order valence-corrected chi connectivity index (χ2v) is 5.63. The standard InChI is InChI=1S/C15H22ClNO2/c1-11(12-3-4-12)17(7-8-19-2)15-6-5-14(16)9-13(15)10-18/h5-6,9,11-12,18H,3-4,7-8,10H2,1-2H3. The van der Waals surface area contributed by atoms with Crippen molar-refractivity contribution in [3.8, 4) is 0 Å². The second kappa shape index (κ2) is 6.60. The maximum absolute atomic E-state index is 9.54. The first-order valence-corrected chi connectivity index (χ1v) is 7.20. The summed E-state index contributed by atoms with van der Waals surface area (Å²) in [6.07, 6.45) is 2.60. The number of rotatable bonds is 7. The highest BCUT2D eigenvalue weighted by Crippen LogP contribution is 2.38. The molecule has 0 radical (unpaired) electrons. The minimum absolute atomic E-state index is 0.0107. The van der Waals surface area contributed by atoms with Crippen LogP contribution in [0.1, 0.15) is 25.3 Å². The van der Waals surface area contributed by atoms with Crippen LogP contribution in [0.2, 0.25) is 5.02 Å². The molecule has 1 aliphatic rings. The molecule has 0 amide bonds. The average Bonchev–Trinajstić information content (AvgIpc) is 3.24. The summed E-state index contributed by atoms with van der Waals surface area (Å²) in [7, 11) is 1.72. The van der Waals surface area contributed by atoms with Crippen LogP contribution in [0.3, 0.4) is 0 Å². The van der Waals surface area contributed by atoms with Gasteiger partial charge >= 0.3 is 0 Å². The van der Waals surface area contributed by atoms with Crippen LogP contribution in [0, 0.1) is 5.92 Å². The highest BCUT2D eigenvalue weighted by Gasteiger charge is 2.32. The van der Waals surface area contributed by atoms with Crippen LogP contribution in [-0.4, -0.2) is 31.4 Å². The fraction of sp³-hybridized carbons (Fsp3) is 0.600. The summed E-state index contributed by atoms with van der Waals surface area (Å²) in [5.41, 5.74) is 1.96. The second-order valence-electron chi connectivity index (χ2n) is 5.20. The number of hydrogen-bond donors (Lipinski definition) is 1. The Hall–Kier alpha value is -0.770. The smallest absolute Gasteiger partial charge is 0.0702 e. The van der Waals surface area contributed by atoms with Crippen molar-refractivity contribution in [2.24, 2.45) is 5.92 Å². The first kappa shape index (κ1) is 14.6. The Morgan fingerprint density at radius 3 is 2.79 bits per heavy atom. The van der Waals surface area contributed by atoms with Crippen molar-refractivity contribution >= 4 is 17.3 Å². The molecule has 106 valence electrons. The van der Waals surface area contributed by atoms with Gasteiger partial charge in [0.15, 0.2) is 0 Å². The summed E-state index contributed by atoms with van der Waals surface area (Å²) in [6, 6.07) is 6.20. The summed E-state index contributed by atoms with van der Waals surface area (Å²) >= 11 is 6.00. The number of ether oxygens (including phenoxy) is 1. The third kappa shape index (κ3) is 3.62. The average molecular weight is 284 g/mol. The van der Waals surface area contributed by atoms with Gasteiger partial charge < -0.3 is 14.7 Å². The minimum atomic E-state index is 0.0107. The molecule has 19 heavy (non-hydrogen) atoms. The molecule has 0 saturated heterocycles. The van der Waals surface area contributed by atoms with Gasteiger partial charge in [0.25, 0.3) is 0 Å². The van der Waals surface area contributed by atoms with Gasteiger partial charge in [0.1, 0.15) is 0 Å². The fourth-order valence-electron chi connectivity index (χ4n) is 2.53. The van der Waals surface area contributed by atoms with Crippen LogP contribution >= 0.6 is 11.6 Å². The Balaban J connectivity index is 2.25. The number of methoxy groups -OCH3 is 1. The zero-order valence-corrected chi connectivity index (χ0v) is 12.4. The van der Waals surface area contributed by atoms with Crippen LogP contribution in [0.5, 0.6) is 0 Å². The molecule has 1 saturated carbocycles. The summed E-state index contributed by atoms with van der Waals surface area (Å²) in [4.78, 5) is 2.34. The van der Waals surface area contributed by atoms with Crippen molar-refractivity contribution in [3.63, 3.8) is 0 Å². The first-order chi connectivity index (χ1) is 9.17. The first-order valence-electron chi connectivity index (χ1n) is 6.82. The van der Waals surface area contributed by atoms with Gasteiger partial charge in [-0.1, -0.05) is 11.6 Å². The van der Waals surface area contributed by atoms with Gasteiger partial charge in [-0.15, -0.1) is 0 Å². The molecule has 4 heteroatoms. The van der Waals surface area contributed by atoms with E-state index in [4.69, 9.17) is 16.3 Å². The summed E-state index contributed by atoms with van der Waals surface area (Å²) in [6.45, 7) is 3.78. The zero-order chi connectivity index (χ0) is 13.8. The Labute approximate surface area is 120 Å². The highest BCUT2D eigenvalue weighted by atomic mass is 35.5. The van der Waals surface area contributed by atoms with E-state index in [0.717, 1.165) is 23.7 Å². The van der Waals surface area contributed by atoms with Crippen molar-refractivity contribution in [3.05, 3.63) is 28.8 Å². The number of anilines is 1. The Morgan fingerprint density at radius 2 is 2.21 bits per heavy atom. The van der Waals surface area contributed by atoms with Crippen LogP contribution < -0.4 is 4.90 Å². The predicted molar refractivity (Wildman–Crippen MR) is 78.8 cm³/mol. The number of aliphatic hydroxyl groups excluding tert-OH is 1. The van der Waals surface area contributed by atoms with E-state index in [9.17, 15) is 5.11 Å². The Morgan fingerprint density at radius 1 is 1.47 bits per heavy atom. The largest absolute Gasteiger partial charge is 0.392 e. The molecule has 1 aliphatic carbocycles. The molecule has 0 aliphatic heterocycles. The lowest BCUT2D eigenvalue weighted by molar-refractivity contribution is 0.202. The molecule has 0 bridgehead atoms. The molecular formula is C15H22ClNO2. The molecule has 2 rings (SSSR count). The normalized spacial score (nSPS) is 16.4. The van der Waals surface area contributed by atoms with E-state index in [0.29, 0.717) is 17.7 Å². The summed E-state index contributed by atoms with van der Waals surface area (Å²) in [5, 5.41) is 10.2. The number of aliphatic hydroxyl groups is 1. The van der Waals surface area contributed by atoms with Gasteiger partial charge in [-0.05, 0) is 43.9 Å². The van der Waals surface area contributed by atoms with Gasteiger partial charge in [0, 0.05) is 36.0 Å². The molecule has 1 unspecified atom stereocenters. The van der Waals surface area contributed by atoms with Crippen LogP contribution in [-0.2, 0) is 11.3 Å². The van der Waals surface area contributed by atoms with E-state index in [1.807, 2.05) is 18.2 Å². The number of nitrogens with zero attached hydrogens (tertiary/aromatic N) is 1. The predicted octanol–water partition coefficient (Wildman–Crippen LogP) is 3.08. The van der Waals surface area contributed by atoms with Gasteiger partial charge in [-0.2, -0.15) is 0 Å². The molecule has 0 aromatic heterocycles. The number of hydrogen-bond acceptors (Lipinski definition) is 3. The van der Waals surface area contributed by atoms with E-state index in [2.05, 4.69) is 11.8 Å². The van der Waals surface area contributed by atoms with Crippen molar-refractivity contribution in [1.82, 2.24) is 0 Å². The molecule has 1 fully saturated rings. The van der Waals surface area contributed by atoms with Crippen LogP contribution in [0.4, 0.5) is 5.69 Å². The molecule has 1 aromatic rings. The molecule has 0 heterocycles. The van der Waals surface area contributed by atoms with E-state index < -0.39 is 0 Å². The van der Waals surface area contributed by atoms with Crippen molar-refractivity contribution in [2.75, 3.05) is 25.2 Å². The van der Waals surface area contributed by atoms with Crippen molar-refractivity contribution in [1.29, 1.82) is 0 Å². The number of benzene rings is 1. The van der Waals surface area contributed by atoms with E-state index in [1.54, 1.807) is 7.11 Å². The third-order valence-electron chi connectivity index (χ3n) is 3.85. The Kier molecular flexibility index (Phi) is 5.08. The maximum atomic E-state index is 9.54. The fourth-order valence-corrected chi connectivity index (χ4v) is 2.72. The molecule has 1 aromatic carbocycles. The third-order valence-corrected chi connectivity index (χ3v) is 4.09. The molecule has 3 nitrogen and oxygen atoms in total. The number of halogens is 1. The highest BCUT2D eigenvalue weighted by molar-refractivity contribution is 6.30. The van der Waals surface area contributed by atoms with Crippen molar-refractivity contribution in [2.45, 2.75) is 32.4 Å². The van der Waals surface area contributed by atoms with Gasteiger partial charge in [0.2, 0.25) is 0 Å². The van der Waals surface area contributed by atoms with E-state index >= 15 is 0 Å². The monoisotopic (exact) mass is 283 g/mol. The van der Waals surface area contributed by atoms with Crippen LogP contribution in [0.15, 0.2) is 18.2 Å². The molecule has 0 spiro atoms. The quantitative estimate of drug-likeness (QED) is 0.835. The van der Waals surface area contributed by atoms with E-state index in [-0.39, 0.29) is 6.61 Å². The molecular weight excluding hydrogens is 262 g/mol. The minimum Gasteiger partial charge on any atom is -0.392 e. The van der Waals surface area contributed by atoms with Gasteiger partial charge in [0.05, 0.1) is 13.2 Å². The molecule has 1 atom stereocenters. The van der Waals surface area contributed by atoms with Gasteiger partial charge in [-0.3, -0.25) is 0 Å². The lowest BCUT2D eigenvalue weighted by Crippen LogP contribution is -2.37. The summed E-state index contributed by atoms with van der Waals surface area (Å²) < 4.78 is 5.21. The lowest BCUT2D eigenvalue weighted by Gasteiger charge is -2.33.